The molecule has 0 fully saturated rings. The van der Waals surface area contributed by atoms with E-state index in [1.54, 1.807) is 34.9 Å². The Morgan fingerprint density at radius 2 is 1.72 bits per heavy atom. The lowest BCUT2D eigenvalue weighted by molar-refractivity contribution is 0.0695. The molecule has 0 aliphatic carbocycles. The van der Waals surface area contributed by atoms with Gasteiger partial charge in [0, 0.05) is 30.3 Å². The second-order valence-electron chi connectivity index (χ2n) is 6.29. The molecular formula is C21H15Cl4NO3. The molecule has 0 saturated heterocycles. The number of carboxylic acids is 1. The quantitative estimate of drug-likeness (QED) is 0.466. The molecule has 2 aromatic carbocycles. The third-order valence-corrected chi connectivity index (χ3v) is 6.12. The minimum absolute atomic E-state index is 0.263. The Morgan fingerprint density at radius 3 is 2.34 bits per heavy atom. The standard InChI is InChI=1S/C21H15Cl4NO3/c1-2-26-13(8-11-4-3-5-15(23)19(11)25)10-17(27)18(21(28)29)20(26)12-6-7-14(22)16(24)9-12/h3-7,9-10H,2,8H2,1H3,(H,28,29). The summed E-state index contributed by atoms with van der Waals surface area (Å²) in [5, 5.41) is 11.1. The monoisotopic (exact) mass is 469 g/mol. The number of nitrogens with zero attached hydrogens (tertiary/aromatic N) is 1. The molecule has 8 heteroatoms. The summed E-state index contributed by atoms with van der Waals surface area (Å²) in [6.07, 6.45) is 0.302. The zero-order chi connectivity index (χ0) is 21.3. The van der Waals surface area contributed by atoms with Gasteiger partial charge >= 0.3 is 5.97 Å². The zero-order valence-corrected chi connectivity index (χ0v) is 18.2. The SMILES string of the molecule is CCn1c(Cc2cccc(Cl)c2Cl)cc(=O)c(C(=O)O)c1-c1ccc(Cl)c(Cl)c1. The van der Waals surface area contributed by atoms with E-state index in [9.17, 15) is 14.7 Å². The van der Waals surface area contributed by atoms with E-state index in [1.165, 1.54) is 6.07 Å². The molecule has 3 rings (SSSR count). The highest BCUT2D eigenvalue weighted by Crippen LogP contribution is 2.32. The van der Waals surface area contributed by atoms with Crippen LogP contribution in [0.5, 0.6) is 0 Å². The summed E-state index contributed by atoms with van der Waals surface area (Å²) in [5.74, 6) is -1.31. The third-order valence-electron chi connectivity index (χ3n) is 4.52. The third kappa shape index (κ3) is 4.31. The Balaban J connectivity index is 2.30. The second kappa shape index (κ2) is 8.80. The van der Waals surface area contributed by atoms with E-state index >= 15 is 0 Å². The topological polar surface area (TPSA) is 59.3 Å². The number of aromatic nitrogens is 1. The molecule has 0 amide bonds. The van der Waals surface area contributed by atoms with E-state index < -0.39 is 11.4 Å². The molecule has 0 aliphatic rings. The Kier molecular flexibility index (Phi) is 6.59. The maximum atomic E-state index is 12.7. The average molecular weight is 471 g/mol. The second-order valence-corrected chi connectivity index (χ2v) is 7.89. The molecule has 0 saturated carbocycles. The number of hydrogen-bond acceptors (Lipinski definition) is 2. The molecule has 3 aromatic rings. The van der Waals surface area contributed by atoms with Gasteiger partial charge in [-0.25, -0.2) is 4.79 Å². The molecule has 4 nitrogen and oxygen atoms in total. The first-order chi connectivity index (χ1) is 13.7. The van der Waals surface area contributed by atoms with E-state index in [2.05, 4.69) is 0 Å². The van der Waals surface area contributed by atoms with Gasteiger partial charge in [-0.2, -0.15) is 0 Å². The Bertz CT molecular complexity index is 1170. The van der Waals surface area contributed by atoms with Crippen molar-refractivity contribution in [3.05, 3.63) is 89.6 Å². The summed E-state index contributed by atoms with van der Waals surface area (Å²) in [6.45, 7) is 2.28. The molecule has 0 spiro atoms. The molecule has 0 radical (unpaired) electrons. The summed E-state index contributed by atoms with van der Waals surface area (Å²) >= 11 is 24.6. The Labute approximate surface area is 187 Å². The van der Waals surface area contributed by atoms with Crippen LogP contribution >= 0.6 is 46.4 Å². The van der Waals surface area contributed by atoms with Crippen molar-refractivity contribution in [1.29, 1.82) is 0 Å². The summed E-state index contributed by atoms with van der Waals surface area (Å²) in [5.41, 5.74) is 1.15. The van der Waals surface area contributed by atoms with Crippen molar-refractivity contribution in [2.45, 2.75) is 19.9 Å². The summed E-state index contributed by atoms with van der Waals surface area (Å²) in [7, 11) is 0. The number of aromatic carboxylic acids is 1. The van der Waals surface area contributed by atoms with Gasteiger partial charge in [-0.1, -0.05) is 64.6 Å². The van der Waals surface area contributed by atoms with Crippen LogP contribution in [0.25, 0.3) is 11.3 Å². The van der Waals surface area contributed by atoms with E-state index in [1.807, 2.05) is 13.0 Å². The van der Waals surface area contributed by atoms with E-state index in [4.69, 9.17) is 46.4 Å². The van der Waals surface area contributed by atoms with Crippen molar-refractivity contribution in [3.8, 4) is 11.3 Å². The van der Waals surface area contributed by atoms with Crippen molar-refractivity contribution in [3.63, 3.8) is 0 Å². The van der Waals surface area contributed by atoms with E-state index in [-0.39, 0.29) is 16.3 Å². The van der Waals surface area contributed by atoms with E-state index in [0.717, 1.165) is 5.56 Å². The lowest BCUT2D eigenvalue weighted by Gasteiger charge is -2.20. The summed E-state index contributed by atoms with van der Waals surface area (Å²) < 4.78 is 1.77. The van der Waals surface area contributed by atoms with Gasteiger partial charge in [-0.3, -0.25) is 4.79 Å². The Hall–Kier alpha value is -1.98. The molecule has 1 N–H and O–H groups in total. The van der Waals surface area contributed by atoms with Gasteiger partial charge in [0.2, 0.25) is 0 Å². The first kappa shape index (κ1) is 21.7. The highest BCUT2D eigenvalue weighted by Gasteiger charge is 2.22. The predicted octanol–water partition coefficient (Wildman–Crippen LogP) is 6.44. The van der Waals surface area contributed by atoms with Crippen LogP contribution in [0.4, 0.5) is 0 Å². The number of carboxylic acid groups (broad SMARTS) is 1. The minimum atomic E-state index is -1.31. The molecule has 1 heterocycles. The van der Waals surface area contributed by atoms with Crippen molar-refractivity contribution < 1.29 is 9.90 Å². The van der Waals surface area contributed by atoms with Gasteiger partial charge in [0.1, 0.15) is 5.56 Å². The fraction of sp³-hybridized carbons (Fsp3) is 0.143. The Morgan fingerprint density at radius 1 is 1.00 bits per heavy atom. The van der Waals surface area contributed by atoms with Crippen LogP contribution in [-0.4, -0.2) is 15.6 Å². The number of rotatable bonds is 5. The summed E-state index contributed by atoms with van der Waals surface area (Å²) in [4.78, 5) is 24.6. The molecule has 0 aliphatic heterocycles. The van der Waals surface area contributed by atoms with Gasteiger partial charge in [0.25, 0.3) is 0 Å². The molecule has 0 unspecified atom stereocenters. The minimum Gasteiger partial charge on any atom is -0.477 e. The number of halogens is 4. The fourth-order valence-corrected chi connectivity index (χ4v) is 3.92. The largest absolute Gasteiger partial charge is 0.477 e. The molecule has 0 atom stereocenters. The highest BCUT2D eigenvalue weighted by atomic mass is 35.5. The van der Waals surface area contributed by atoms with Crippen molar-refractivity contribution in [2.24, 2.45) is 0 Å². The van der Waals surface area contributed by atoms with Crippen LogP contribution in [0.1, 0.15) is 28.5 Å². The van der Waals surface area contributed by atoms with E-state index in [0.29, 0.717) is 39.3 Å². The van der Waals surface area contributed by atoms with Gasteiger partial charge in [-0.05, 0) is 30.7 Å². The van der Waals surface area contributed by atoms with Crippen LogP contribution in [-0.2, 0) is 13.0 Å². The molecule has 0 bridgehead atoms. The van der Waals surface area contributed by atoms with Gasteiger partial charge in [-0.15, -0.1) is 0 Å². The molecule has 1 aromatic heterocycles. The van der Waals surface area contributed by atoms with Gasteiger partial charge in [0.15, 0.2) is 5.43 Å². The smallest absolute Gasteiger partial charge is 0.341 e. The van der Waals surface area contributed by atoms with Crippen LogP contribution in [0, 0.1) is 0 Å². The van der Waals surface area contributed by atoms with Crippen LogP contribution < -0.4 is 5.43 Å². The molecule has 29 heavy (non-hydrogen) atoms. The normalized spacial score (nSPS) is 10.9. The maximum Gasteiger partial charge on any atom is 0.341 e. The van der Waals surface area contributed by atoms with Crippen LogP contribution in [0.15, 0.2) is 47.3 Å². The highest BCUT2D eigenvalue weighted by molar-refractivity contribution is 6.42. The summed E-state index contributed by atoms with van der Waals surface area (Å²) in [6, 6.07) is 11.3. The van der Waals surface area contributed by atoms with Gasteiger partial charge < -0.3 is 9.67 Å². The van der Waals surface area contributed by atoms with Crippen LogP contribution in [0.2, 0.25) is 20.1 Å². The number of carbonyl (C=O) groups is 1. The molecule has 150 valence electrons. The first-order valence-corrected chi connectivity index (χ1v) is 10.1. The zero-order valence-electron chi connectivity index (χ0n) is 15.2. The lowest BCUT2D eigenvalue weighted by atomic mass is 10.0. The van der Waals surface area contributed by atoms with Crippen molar-refractivity contribution >= 4 is 52.4 Å². The first-order valence-electron chi connectivity index (χ1n) is 8.62. The fourth-order valence-electron chi connectivity index (χ4n) is 3.23. The van der Waals surface area contributed by atoms with Crippen molar-refractivity contribution in [1.82, 2.24) is 4.57 Å². The lowest BCUT2D eigenvalue weighted by Crippen LogP contribution is -2.23. The molecular weight excluding hydrogens is 456 g/mol. The van der Waals surface area contributed by atoms with Crippen LogP contribution in [0.3, 0.4) is 0 Å². The van der Waals surface area contributed by atoms with Gasteiger partial charge in [0.05, 0.1) is 25.8 Å². The average Bonchev–Trinajstić information content (AvgIpc) is 2.67. The number of pyridine rings is 1. The predicted molar refractivity (Wildman–Crippen MR) is 118 cm³/mol. The maximum absolute atomic E-state index is 12.7. The number of benzene rings is 2. The number of hydrogen-bond donors (Lipinski definition) is 1. The van der Waals surface area contributed by atoms with Crippen molar-refractivity contribution in [2.75, 3.05) is 0 Å².